The summed E-state index contributed by atoms with van der Waals surface area (Å²) in [6.45, 7) is 0. The van der Waals surface area contributed by atoms with Crippen LogP contribution in [0.2, 0.25) is 0 Å². The summed E-state index contributed by atoms with van der Waals surface area (Å²) < 4.78 is 5.16. The number of nitrogens with one attached hydrogen (secondary N) is 1. The Kier molecular flexibility index (Phi) is 4.99. The average Bonchev–Trinajstić information content (AvgIpc) is 3.31. The second-order valence-corrected chi connectivity index (χ2v) is 6.27. The van der Waals surface area contributed by atoms with Crippen molar-refractivity contribution in [3.8, 4) is 11.4 Å². The largest absolute Gasteiger partial charge is 0.497 e. The first-order chi connectivity index (χ1) is 12.2. The van der Waals surface area contributed by atoms with E-state index in [1.807, 2.05) is 53.9 Å². The Balaban J connectivity index is 0.00000196. The van der Waals surface area contributed by atoms with Crippen LogP contribution < -0.4 is 10.1 Å². The lowest BCUT2D eigenvalue weighted by molar-refractivity contribution is 0.103. The fraction of sp³-hybridized carbons (Fsp3) is 0.105. The van der Waals surface area contributed by atoms with Crippen LogP contribution in [0.1, 0.15) is 17.1 Å². The van der Waals surface area contributed by atoms with Crippen molar-refractivity contribution in [3.05, 3.63) is 64.9 Å². The van der Waals surface area contributed by atoms with Crippen molar-refractivity contribution in [1.82, 2.24) is 15.0 Å². The van der Waals surface area contributed by atoms with E-state index in [2.05, 4.69) is 15.5 Å². The third kappa shape index (κ3) is 3.43. The molecular formula is C19H18N4O2S. The van der Waals surface area contributed by atoms with Crippen molar-refractivity contribution in [1.29, 1.82) is 0 Å². The van der Waals surface area contributed by atoms with Gasteiger partial charge in [-0.3, -0.25) is 4.79 Å². The standard InChI is InChI=1S/C18H14N4O2S.CH4/c1-24-14-7-5-13(6-8-14)22-20-15-9-4-12(11-16(15)21-22)19-18(23)17-3-2-10-25-17;/h2-11H,1H3,(H,19,23);1H4. The molecule has 0 fully saturated rings. The van der Waals surface area contributed by atoms with Gasteiger partial charge in [0.2, 0.25) is 0 Å². The molecular weight excluding hydrogens is 348 g/mol. The number of nitrogens with zero attached hydrogens (tertiary/aromatic N) is 3. The van der Waals surface area contributed by atoms with Gasteiger partial charge in [0.05, 0.1) is 17.7 Å². The number of hydrogen-bond donors (Lipinski definition) is 1. The van der Waals surface area contributed by atoms with Crippen LogP contribution in [0.4, 0.5) is 5.69 Å². The smallest absolute Gasteiger partial charge is 0.265 e. The SMILES string of the molecule is C.COc1ccc(-n2nc3ccc(NC(=O)c4cccs4)cc3n2)cc1. The van der Waals surface area contributed by atoms with Gasteiger partial charge in [0.15, 0.2) is 0 Å². The number of rotatable bonds is 4. The van der Waals surface area contributed by atoms with Crippen LogP contribution >= 0.6 is 11.3 Å². The summed E-state index contributed by atoms with van der Waals surface area (Å²) in [5.41, 5.74) is 2.98. The van der Waals surface area contributed by atoms with Gasteiger partial charge in [-0.2, -0.15) is 4.80 Å². The average molecular weight is 366 g/mol. The summed E-state index contributed by atoms with van der Waals surface area (Å²) in [7, 11) is 1.63. The van der Waals surface area contributed by atoms with E-state index in [4.69, 9.17) is 4.74 Å². The molecule has 1 amide bonds. The number of amides is 1. The van der Waals surface area contributed by atoms with Crippen LogP contribution in [0.15, 0.2) is 60.0 Å². The molecule has 4 rings (SSSR count). The van der Waals surface area contributed by atoms with E-state index < -0.39 is 0 Å². The van der Waals surface area contributed by atoms with Crippen LogP contribution in [-0.4, -0.2) is 28.0 Å². The number of carbonyl (C=O) groups is 1. The molecule has 132 valence electrons. The van der Waals surface area contributed by atoms with E-state index >= 15 is 0 Å². The highest BCUT2D eigenvalue weighted by molar-refractivity contribution is 7.12. The van der Waals surface area contributed by atoms with Gasteiger partial charge in [0, 0.05) is 5.69 Å². The lowest BCUT2D eigenvalue weighted by atomic mass is 10.2. The molecule has 0 aliphatic carbocycles. The maximum absolute atomic E-state index is 12.1. The van der Waals surface area contributed by atoms with Crippen LogP contribution in [0.3, 0.4) is 0 Å². The van der Waals surface area contributed by atoms with Crippen molar-refractivity contribution in [2.75, 3.05) is 12.4 Å². The Morgan fingerprint density at radius 1 is 1.08 bits per heavy atom. The molecule has 2 aromatic heterocycles. The monoisotopic (exact) mass is 366 g/mol. The summed E-state index contributed by atoms with van der Waals surface area (Å²) in [5, 5.41) is 13.7. The fourth-order valence-corrected chi connectivity index (χ4v) is 3.04. The molecule has 7 heteroatoms. The molecule has 0 radical (unpaired) electrons. The highest BCUT2D eigenvalue weighted by atomic mass is 32.1. The van der Waals surface area contributed by atoms with Gasteiger partial charge < -0.3 is 10.1 Å². The Labute approximate surface area is 155 Å². The molecule has 0 saturated heterocycles. The highest BCUT2D eigenvalue weighted by Crippen LogP contribution is 2.20. The first-order valence-electron chi connectivity index (χ1n) is 7.59. The van der Waals surface area contributed by atoms with E-state index in [1.165, 1.54) is 11.3 Å². The number of fused-ring (bicyclic) bond motifs is 1. The molecule has 2 heterocycles. The number of aromatic nitrogens is 3. The highest BCUT2D eigenvalue weighted by Gasteiger charge is 2.09. The molecule has 2 aromatic carbocycles. The second kappa shape index (κ2) is 7.37. The minimum absolute atomic E-state index is 0. The van der Waals surface area contributed by atoms with Crippen LogP contribution in [0.25, 0.3) is 16.7 Å². The summed E-state index contributed by atoms with van der Waals surface area (Å²) in [4.78, 5) is 14.4. The van der Waals surface area contributed by atoms with Gasteiger partial charge in [0.25, 0.3) is 5.91 Å². The Morgan fingerprint density at radius 3 is 2.54 bits per heavy atom. The van der Waals surface area contributed by atoms with Crippen LogP contribution in [-0.2, 0) is 0 Å². The van der Waals surface area contributed by atoms with E-state index in [0.717, 1.165) is 17.0 Å². The normalized spacial score (nSPS) is 10.3. The van der Waals surface area contributed by atoms with Crippen molar-refractivity contribution in [3.63, 3.8) is 0 Å². The van der Waals surface area contributed by atoms with Crippen molar-refractivity contribution in [2.24, 2.45) is 0 Å². The molecule has 4 aromatic rings. The number of anilines is 1. The number of carbonyl (C=O) groups excluding carboxylic acids is 1. The minimum atomic E-state index is -0.128. The third-order valence-electron chi connectivity index (χ3n) is 3.69. The Morgan fingerprint density at radius 2 is 1.85 bits per heavy atom. The van der Waals surface area contributed by atoms with Crippen molar-refractivity contribution >= 4 is 34.0 Å². The number of thiophene rings is 1. The summed E-state index contributed by atoms with van der Waals surface area (Å²) >= 11 is 1.40. The van der Waals surface area contributed by atoms with E-state index in [0.29, 0.717) is 16.1 Å². The minimum Gasteiger partial charge on any atom is -0.497 e. The predicted octanol–water partition coefficient (Wildman–Crippen LogP) is 4.38. The van der Waals surface area contributed by atoms with Crippen molar-refractivity contribution in [2.45, 2.75) is 7.43 Å². The van der Waals surface area contributed by atoms with Gasteiger partial charge in [-0.05, 0) is 53.9 Å². The van der Waals surface area contributed by atoms with Gasteiger partial charge >= 0.3 is 0 Å². The van der Waals surface area contributed by atoms with Crippen LogP contribution in [0.5, 0.6) is 5.75 Å². The zero-order valence-corrected chi connectivity index (χ0v) is 14.2. The summed E-state index contributed by atoms with van der Waals surface area (Å²) in [5.74, 6) is 0.649. The molecule has 0 spiro atoms. The van der Waals surface area contributed by atoms with E-state index in [1.54, 1.807) is 18.0 Å². The maximum Gasteiger partial charge on any atom is 0.265 e. The molecule has 6 nitrogen and oxygen atoms in total. The molecule has 0 saturated carbocycles. The third-order valence-corrected chi connectivity index (χ3v) is 4.56. The molecule has 26 heavy (non-hydrogen) atoms. The Bertz CT molecular complexity index is 1020. The quantitative estimate of drug-likeness (QED) is 0.582. The first kappa shape index (κ1) is 17.6. The van der Waals surface area contributed by atoms with E-state index in [9.17, 15) is 4.79 Å². The number of hydrogen-bond acceptors (Lipinski definition) is 5. The molecule has 0 atom stereocenters. The van der Waals surface area contributed by atoms with Crippen LogP contribution in [0, 0.1) is 0 Å². The molecule has 1 N–H and O–H groups in total. The lowest BCUT2D eigenvalue weighted by Crippen LogP contribution is -2.09. The van der Waals surface area contributed by atoms with Gasteiger partial charge in [0.1, 0.15) is 16.8 Å². The van der Waals surface area contributed by atoms with Gasteiger partial charge in [-0.1, -0.05) is 13.5 Å². The number of methoxy groups -OCH3 is 1. The van der Waals surface area contributed by atoms with E-state index in [-0.39, 0.29) is 13.3 Å². The molecule has 0 aliphatic heterocycles. The fourth-order valence-electron chi connectivity index (χ4n) is 2.42. The molecule has 0 bridgehead atoms. The number of ether oxygens (including phenoxy) is 1. The summed E-state index contributed by atoms with van der Waals surface area (Å²) in [6.07, 6.45) is 0. The predicted molar refractivity (Wildman–Crippen MR) is 104 cm³/mol. The second-order valence-electron chi connectivity index (χ2n) is 5.32. The number of benzene rings is 2. The lowest BCUT2D eigenvalue weighted by Gasteiger charge is -2.02. The first-order valence-corrected chi connectivity index (χ1v) is 8.47. The van der Waals surface area contributed by atoms with Crippen molar-refractivity contribution < 1.29 is 9.53 Å². The van der Waals surface area contributed by atoms with Gasteiger partial charge in [-0.15, -0.1) is 21.5 Å². The van der Waals surface area contributed by atoms with Gasteiger partial charge in [-0.25, -0.2) is 0 Å². The maximum atomic E-state index is 12.1. The molecule has 0 unspecified atom stereocenters. The topological polar surface area (TPSA) is 69.0 Å². The molecule has 0 aliphatic rings. The summed E-state index contributed by atoms with van der Waals surface area (Å²) in [6, 6.07) is 16.6. The zero-order chi connectivity index (χ0) is 17.2. The zero-order valence-electron chi connectivity index (χ0n) is 13.3. The Hall–Kier alpha value is -3.19.